The summed E-state index contributed by atoms with van der Waals surface area (Å²) < 4.78 is 28.8. The summed E-state index contributed by atoms with van der Waals surface area (Å²) in [4.78, 5) is 0.240. The van der Waals surface area contributed by atoms with Gasteiger partial charge in [0, 0.05) is 25.0 Å². The van der Waals surface area contributed by atoms with E-state index in [2.05, 4.69) is 18.6 Å². The molecule has 1 rings (SSSR count). The standard InChI is InChI=1S/C15H28N2O3S/c1-4-9-17-11-15(10-14(17)12-18)21(19,20)16-8-6-5-7-13(2)3/h10-11,13,16,18H,4-9,12H2,1-3H3. The van der Waals surface area contributed by atoms with E-state index in [1.54, 1.807) is 16.8 Å². The van der Waals surface area contributed by atoms with E-state index in [1.165, 1.54) is 0 Å². The summed E-state index contributed by atoms with van der Waals surface area (Å²) in [5, 5.41) is 9.29. The number of hydrogen-bond acceptors (Lipinski definition) is 3. The van der Waals surface area contributed by atoms with E-state index in [1.807, 2.05) is 6.92 Å². The minimum atomic E-state index is -3.47. The lowest BCUT2D eigenvalue weighted by Gasteiger charge is -2.06. The number of hydrogen-bond donors (Lipinski definition) is 2. The molecule has 0 atom stereocenters. The first-order valence-corrected chi connectivity index (χ1v) is 9.18. The Morgan fingerprint density at radius 2 is 2.05 bits per heavy atom. The SMILES string of the molecule is CCCn1cc(S(=O)(=O)NCCCCC(C)C)cc1CO. The highest BCUT2D eigenvalue weighted by atomic mass is 32.2. The molecule has 0 bridgehead atoms. The lowest BCUT2D eigenvalue weighted by molar-refractivity contribution is 0.270. The third kappa shape index (κ3) is 5.80. The quantitative estimate of drug-likeness (QED) is 0.652. The van der Waals surface area contributed by atoms with Gasteiger partial charge >= 0.3 is 0 Å². The molecule has 0 aliphatic carbocycles. The van der Waals surface area contributed by atoms with Gasteiger partial charge in [-0.25, -0.2) is 13.1 Å². The van der Waals surface area contributed by atoms with Crippen LogP contribution in [0.1, 0.15) is 52.1 Å². The van der Waals surface area contributed by atoms with E-state index in [4.69, 9.17) is 0 Å². The molecule has 5 nitrogen and oxygen atoms in total. The van der Waals surface area contributed by atoms with Gasteiger partial charge in [-0.05, 0) is 24.8 Å². The average molecular weight is 316 g/mol. The minimum Gasteiger partial charge on any atom is -0.390 e. The molecule has 0 fully saturated rings. The summed E-state index contributed by atoms with van der Waals surface area (Å²) in [6.07, 6.45) is 5.48. The molecule has 1 aromatic rings. The lowest BCUT2D eigenvalue weighted by atomic mass is 10.1. The second kappa shape index (κ2) is 8.56. The van der Waals surface area contributed by atoms with Gasteiger partial charge < -0.3 is 9.67 Å². The first kappa shape index (κ1) is 18.2. The van der Waals surface area contributed by atoms with Gasteiger partial charge in [-0.3, -0.25) is 0 Å². The van der Waals surface area contributed by atoms with Crippen molar-refractivity contribution in [3.05, 3.63) is 18.0 Å². The molecule has 0 amide bonds. The normalized spacial score (nSPS) is 12.2. The zero-order chi connectivity index (χ0) is 15.9. The summed E-state index contributed by atoms with van der Waals surface area (Å²) in [7, 11) is -3.47. The van der Waals surface area contributed by atoms with Crippen molar-refractivity contribution in [2.75, 3.05) is 6.54 Å². The molecule has 0 aliphatic rings. The van der Waals surface area contributed by atoms with E-state index in [-0.39, 0.29) is 11.5 Å². The molecule has 1 aromatic heterocycles. The van der Waals surface area contributed by atoms with Crippen molar-refractivity contribution in [2.24, 2.45) is 5.92 Å². The Bertz CT molecular complexity index is 521. The summed E-state index contributed by atoms with van der Waals surface area (Å²) in [6, 6.07) is 1.55. The topological polar surface area (TPSA) is 71.3 Å². The highest BCUT2D eigenvalue weighted by molar-refractivity contribution is 7.89. The molecule has 0 saturated carbocycles. The van der Waals surface area contributed by atoms with Crippen molar-refractivity contribution in [3.63, 3.8) is 0 Å². The number of aryl methyl sites for hydroxylation is 1. The summed E-state index contributed by atoms with van der Waals surface area (Å²) >= 11 is 0. The summed E-state index contributed by atoms with van der Waals surface area (Å²) in [5.41, 5.74) is 0.636. The molecular weight excluding hydrogens is 288 g/mol. The molecule has 0 radical (unpaired) electrons. The first-order chi connectivity index (χ1) is 9.90. The van der Waals surface area contributed by atoms with E-state index < -0.39 is 10.0 Å². The highest BCUT2D eigenvalue weighted by Gasteiger charge is 2.17. The Hall–Kier alpha value is -0.850. The molecule has 0 aliphatic heterocycles. The predicted octanol–water partition coefficient (Wildman–Crippen LogP) is 2.50. The van der Waals surface area contributed by atoms with Crippen molar-refractivity contribution in [1.82, 2.24) is 9.29 Å². The van der Waals surface area contributed by atoms with Crippen LogP contribution < -0.4 is 4.72 Å². The van der Waals surface area contributed by atoms with Gasteiger partial charge in [0.1, 0.15) is 0 Å². The lowest BCUT2D eigenvalue weighted by Crippen LogP contribution is -2.24. The maximum atomic E-state index is 12.2. The summed E-state index contributed by atoms with van der Waals surface area (Å²) in [6.45, 7) is 7.36. The van der Waals surface area contributed by atoms with Crippen LogP contribution in [0.4, 0.5) is 0 Å². The maximum Gasteiger partial charge on any atom is 0.242 e. The van der Waals surface area contributed by atoms with Crippen LogP contribution in [-0.2, 0) is 23.2 Å². The number of nitrogens with one attached hydrogen (secondary N) is 1. The van der Waals surface area contributed by atoms with E-state index in [0.29, 0.717) is 24.7 Å². The van der Waals surface area contributed by atoms with E-state index in [9.17, 15) is 13.5 Å². The van der Waals surface area contributed by atoms with Crippen molar-refractivity contribution >= 4 is 10.0 Å². The number of aliphatic hydroxyl groups excluding tert-OH is 1. The van der Waals surface area contributed by atoms with Crippen LogP contribution in [0, 0.1) is 5.92 Å². The molecular formula is C15H28N2O3S. The van der Waals surface area contributed by atoms with Crippen molar-refractivity contribution in [3.8, 4) is 0 Å². The number of sulfonamides is 1. The second-order valence-corrected chi connectivity index (χ2v) is 7.57. The third-order valence-electron chi connectivity index (χ3n) is 3.40. The van der Waals surface area contributed by atoms with Crippen LogP contribution in [0.5, 0.6) is 0 Å². The molecule has 0 aromatic carbocycles. The van der Waals surface area contributed by atoms with Crippen molar-refractivity contribution < 1.29 is 13.5 Å². The van der Waals surface area contributed by atoms with Gasteiger partial charge in [0.25, 0.3) is 0 Å². The fraction of sp³-hybridized carbons (Fsp3) is 0.733. The van der Waals surface area contributed by atoms with Gasteiger partial charge in [0.05, 0.1) is 11.5 Å². The predicted molar refractivity (Wildman–Crippen MR) is 84.5 cm³/mol. The number of unbranched alkanes of at least 4 members (excludes halogenated alkanes) is 1. The van der Waals surface area contributed by atoms with Crippen LogP contribution in [0.3, 0.4) is 0 Å². The zero-order valence-electron chi connectivity index (χ0n) is 13.3. The third-order valence-corrected chi connectivity index (χ3v) is 4.83. The Morgan fingerprint density at radius 3 is 2.62 bits per heavy atom. The van der Waals surface area contributed by atoms with Crippen LogP contribution in [0.15, 0.2) is 17.2 Å². The van der Waals surface area contributed by atoms with Gasteiger partial charge in [-0.2, -0.15) is 0 Å². The largest absolute Gasteiger partial charge is 0.390 e. The molecule has 21 heavy (non-hydrogen) atoms. The van der Waals surface area contributed by atoms with Crippen molar-refractivity contribution in [1.29, 1.82) is 0 Å². The van der Waals surface area contributed by atoms with Crippen molar-refractivity contribution in [2.45, 2.75) is 64.5 Å². The van der Waals surface area contributed by atoms with Crippen LogP contribution in [0.2, 0.25) is 0 Å². The fourth-order valence-corrected chi connectivity index (χ4v) is 3.36. The number of rotatable bonds is 10. The number of nitrogens with zero attached hydrogens (tertiary/aromatic N) is 1. The van der Waals surface area contributed by atoms with Crippen LogP contribution >= 0.6 is 0 Å². The molecule has 0 saturated heterocycles. The van der Waals surface area contributed by atoms with Crippen LogP contribution in [0.25, 0.3) is 0 Å². The molecule has 0 spiro atoms. The van der Waals surface area contributed by atoms with Gasteiger partial charge in [0.2, 0.25) is 10.0 Å². The van der Waals surface area contributed by atoms with Gasteiger partial charge in [0.15, 0.2) is 0 Å². The van der Waals surface area contributed by atoms with Gasteiger partial charge in [-0.1, -0.05) is 33.6 Å². The average Bonchev–Trinajstić information content (AvgIpc) is 2.82. The Morgan fingerprint density at radius 1 is 1.33 bits per heavy atom. The fourth-order valence-electron chi connectivity index (χ4n) is 2.22. The zero-order valence-corrected chi connectivity index (χ0v) is 14.1. The second-order valence-electron chi connectivity index (χ2n) is 5.81. The molecule has 1 heterocycles. The summed E-state index contributed by atoms with van der Waals surface area (Å²) in [5.74, 6) is 0.650. The molecule has 6 heteroatoms. The van der Waals surface area contributed by atoms with Crippen LogP contribution in [-0.4, -0.2) is 24.6 Å². The maximum absolute atomic E-state index is 12.2. The first-order valence-electron chi connectivity index (χ1n) is 7.70. The number of aliphatic hydroxyl groups is 1. The smallest absolute Gasteiger partial charge is 0.242 e. The monoisotopic (exact) mass is 316 g/mol. The molecule has 2 N–H and O–H groups in total. The minimum absolute atomic E-state index is 0.149. The Balaban J connectivity index is 2.61. The molecule has 122 valence electrons. The van der Waals surface area contributed by atoms with E-state index >= 15 is 0 Å². The Labute approximate surface area is 128 Å². The van der Waals surface area contributed by atoms with Gasteiger partial charge in [-0.15, -0.1) is 0 Å². The van der Waals surface area contributed by atoms with E-state index in [0.717, 1.165) is 25.7 Å². The number of aromatic nitrogens is 1. The molecule has 0 unspecified atom stereocenters. The Kier molecular flexibility index (Phi) is 7.42. The highest BCUT2D eigenvalue weighted by Crippen LogP contribution is 2.15.